The number of rotatable bonds is 8. The minimum Gasteiger partial charge on any atom is -0.373 e. The smallest absolute Gasteiger partial charge is 0.0703 e. The lowest BCUT2D eigenvalue weighted by atomic mass is 10.1. The van der Waals surface area contributed by atoms with Crippen molar-refractivity contribution in [1.29, 1.82) is 0 Å². The quantitative estimate of drug-likeness (QED) is 0.641. The number of unbranched alkanes of at least 4 members (excludes halogenated alkanes) is 6. The van der Waals surface area contributed by atoms with Gasteiger partial charge in [-0.05, 0) is 13.3 Å². The maximum Gasteiger partial charge on any atom is 0.0703 e. The third-order valence-corrected chi connectivity index (χ3v) is 3.36. The molecule has 0 aromatic heterocycles. The van der Waals surface area contributed by atoms with E-state index >= 15 is 0 Å². The maximum atomic E-state index is 5.87. The van der Waals surface area contributed by atoms with Gasteiger partial charge in [0, 0.05) is 13.1 Å². The Bertz CT molecular complexity index is 161. The largest absolute Gasteiger partial charge is 0.373 e. The molecule has 2 unspecified atom stereocenters. The molecule has 0 radical (unpaired) electrons. The van der Waals surface area contributed by atoms with E-state index in [1.807, 2.05) is 0 Å². The van der Waals surface area contributed by atoms with Crippen LogP contribution in [0.3, 0.4) is 0 Å². The highest BCUT2D eigenvalue weighted by Gasteiger charge is 2.17. The van der Waals surface area contributed by atoms with E-state index in [-0.39, 0.29) is 0 Å². The second-order valence-electron chi connectivity index (χ2n) is 5.14. The molecule has 0 spiro atoms. The van der Waals surface area contributed by atoms with Gasteiger partial charge in [-0.2, -0.15) is 0 Å². The zero-order chi connectivity index (χ0) is 11.6. The van der Waals surface area contributed by atoms with Crippen molar-refractivity contribution in [2.75, 3.05) is 13.1 Å². The fourth-order valence-corrected chi connectivity index (χ4v) is 2.37. The topological polar surface area (TPSA) is 21.3 Å². The Kier molecular flexibility index (Phi) is 7.87. The summed E-state index contributed by atoms with van der Waals surface area (Å²) in [6, 6.07) is 0. The highest BCUT2D eigenvalue weighted by molar-refractivity contribution is 4.71. The van der Waals surface area contributed by atoms with Gasteiger partial charge < -0.3 is 10.1 Å². The van der Waals surface area contributed by atoms with Gasteiger partial charge in [-0.15, -0.1) is 0 Å². The summed E-state index contributed by atoms with van der Waals surface area (Å²) >= 11 is 0. The molecule has 0 amide bonds. The number of ether oxygens (including phenoxy) is 1. The van der Waals surface area contributed by atoms with Crippen molar-refractivity contribution in [1.82, 2.24) is 5.32 Å². The molecule has 0 aromatic carbocycles. The summed E-state index contributed by atoms with van der Waals surface area (Å²) in [6.07, 6.45) is 11.9. The molecule has 1 aliphatic rings. The van der Waals surface area contributed by atoms with Crippen LogP contribution in [0, 0.1) is 0 Å². The molecule has 0 bridgehead atoms. The summed E-state index contributed by atoms with van der Waals surface area (Å²) in [5.74, 6) is 0. The van der Waals surface area contributed by atoms with Gasteiger partial charge in [-0.3, -0.25) is 0 Å². The van der Waals surface area contributed by atoms with Gasteiger partial charge in [0.15, 0.2) is 0 Å². The van der Waals surface area contributed by atoms with Gasteiger partial charge in [0.2, 0.25) is 0 Å². The standard InChI is InChI=1S/C14H29NO/c1-3-4-5-6-7-8-9-10-14-12-15-11-13(2)16-14/h13-15H,3-12H2,1-2H3. The van der Waals surface area contributed by atoms with Crippen LogP contribution in [0.25, 0.3) is 0 Å². The molecule has 2 nitrogen and oxygen atoms in total. The first-order valence-corrected chi connectivity index (χ1v) is 7.19. The first-order valence-electron chi connectivity index (χ1n) is 7.19. The zero-order valence-electron chi connectivity index (χ0n) is 11.1. The normalized spacial score (nSPS) is 25.9. The van der Waals surface area contributed by atoms with Crippen molar-refractivity contribution in [2.24, 2.45) is 0 Å². The van der Waals surface area contributed by atoms with Crippen LogP contribution in [0.4, 0.5) is 0 Å². The second-order valence-corrected chi connectivity index (χ2v) is 5.14. The molecule has 1 N–H and O–H groups in total. The minimum absolute atomic E-state index is 0.406. The molecular formula is C14H29NO. The van der Waals surface area contributed by atoms with E-state index < -0.39 is 0 Å². The van der Waals surface area contributed by atoms with Crippen LogP contribution in [0.1, 0.15) is 65.2 Å². The molecule has 0 aromatic rings. The molecule has 96 valence electrons. The van der Waals surface area contributed by atoms with Gasteiger partial charge in [-0.1, -0.05) is 51.9 Å². The first-order chi connectivity index (χ1) is 7.83. The van der Waals surface area contributed by atoms with Gasteiger partial charge in [-0.25, -0.2) is 0 Å². The lowest BCUT2D eigenvalue weighted by molar-refractivity contribution is -0.0317. The maximum absolute atomic E-state index is 5.87. The molecule has 1 heterocycles. The molecule has 0 aliphatic carbocycles. The van der Waals surface area contributed by atoms with Crippen LogP contribution in [0.15, 0.2) is 0 Å². The third-order valence-electron chi connectivity index (χ3n) is 3.36. The van der Waals surface area contributed by atoms with Gasteiger partial charge in [0.25, 0.3) is 0 Å². The van der Waals surface area contributed by atoms with Crippen molar-refractivity contribution in [3.8, 4) is 0 Å². The highest BCUT2D eigenvalue weighted by atomic mass is 16.5. The van der Waals surface area contributed by atoms with Crippen molar-refractivity contribution in [3.63, 3.8) is 0 Å². The van der Waals surface area contributed by atoms with E-state index in [4.69, 9.17) is 4.74 Å². The summed E-state index contributed by atoms with van der Waals surface area (Å²) in [4.78, 5) is 0. The Balaban J connectivity index is 1.86. The lowest BCUT2D eigenvalue weighted by Crippen LogP contribution is -2.43. The van der Waals surface area contributed by atoms with Crippen LogP contribution in [-0.4, -0.2) is 25.3 Å². The predicted molar refractivity (Wildman–Crippen MR) is 69.8 cm³/mol. The number of morpholine rings is 1. The third kappa shape index (κ3) is 6.49. The zero-order valence-corrected chi connectivity index (χ0v) is 11.1. The summed E-state index contributed by atoms with van der Waals surface area (Å²) in [6.45, 7) is 6.51. The van der Waals surface area contributed by atoms with E-state index in [0.717, 1.165) is 13.1 Å². The average Bonchev–Trinajstić information content (AvgIpc) is 2.28. The van der Waals surface area contributed by atoms with E-state index in [0.29, 0.717) is 12.2 Å². The van der Waals surface area contributed by atoms with Gasteiger partial charge in [0.1, 0.15) is 0 Å². The fourth-order valence-electron chi connectivity index (χ4n) is 2.37. The van der Waals surface area contributed by atoms with Gasteiger partial charge >= 0.3 is 0 Å². The molecule has 2 heteroatoms. The van der Waals surface area contributed by atoms with Crippen molar-refractivity contribution in [3.05, 3.63) is 0 Å². The minimum atomic E-state index is 0.406. The molecule has 2 atom stereocenters. The van der Waals surface area contributed by atoms with Crippen molar-refractivity contribution >= 4 is 0 Å². The monoisotopic (exact) mass is 227 g/mol. The predicted octanol–water partition coefficient (Wildman–Crippen LogP) is 3.50. The lowest BCUT2D eigenvalue weighted by Gasteiger charge is -2.28. The summed E-state index contributed by atoms with van der Waals surface area (Å²) in [5, 5.41) is 3.43. The van der Waals surface area contributed by atoms with Crippen LogP contribution < -0.4 is 5.32 Å². The van der Waals surface area contributed by atoms with Crippen LogP contribution in [0.5, 0.6) is 0 Å². The van der Waals surface area contributed by atoms with Crippen LogP contribution >= 0.6 is 0 Å². The Morgan fingerprint density at radius 1 is 1.00 bits per heavy atom. The first kappa shape index (κ1) is 14.0. The second kappa shape index (κ2) is 9.00. The summed E-state index contributed by atoms with van der Waals surface area (Å²) in [7, 11) is 0. The Hall–Kier alpha value is -0.0800. The molecule has 16 heavy (non-hydrogen) atoms. The molecule has 0 saturated carbocycles. The number of hydrogen-bond donors (Lipinski definition) is 1. The summed E-state index contributed by atoms with van der Waals surface area (Å²) < 4.78 is 5.87. The Labute approximate surface area is 101 Å². The summed E-state index contributed by atoms with van der Waals surface area (Å²) in [5.41, 5.74) is 0. The Morgan fingerprint density at radius 2 is 1.69 bits per heavy atom. The van der Waals surface area contributed by atoms with Crippen LogP contribution in [-0.2, 0) is 4.74 Å². The Morgan fingerprint density at radius 3 is 2.38 bits per heavy atom. The van der Waals surface area contributed by atoms with E-state index in [1.54, 1.807) is 0 Å². The van der Waals surface area contributed by atoms with E-state index in [9.17, 15) is 0 Å². The fraction of sp³-hybridized carbons (Fsp3) is 1.00. The average molecular weight is 227 g/mol. The molecular weight excluding hydrogens is 198 g/mol. The van der Waals surface area contributed by atoms with Crippen molar-refractivity contribution in [2.45, 2.75) is 77.4 Å². The number of hydrogen-bond acceptors (Lipinski definition) is 2. The van der Waals surface area contributed by atoms with Gasteiger partial charge in [0.05, 0.1) is 12.2 Å². The van der Waals surface area contributed by atoms with E-state index in [1.165, 1.54) is 51.4 Å². The van der Waals surface area contributed by atoms with E-state index in [2.05, 4.69) is 19.2 Å². The molecule has 1 aliphatic heterocycles. The molecule has 1 saturated heterocycles. The van der Waals surface area contributed by atoms with Crippen molar-refractivity contribution < 1.29 is 4.74 Å². The molecule has 1 rings (SSSR count). The highest BCUT2D eigenvalue weighted by Crippen LogP contribution is 2.13. The molecule has 1 fully saturated rings. The SMILES string of the molecule is CCCCCCCCCC1CNCC(C)O1. The number of nitrogens with one attached hydrogen (secondary N) is 1. The van der Waals surface area contributed by atoms with Crippen LogP contribution in [0.2, 0.25) is 0 Å².